The SMILES string of the molecule is CCOC(=O)c1cn2c(Cl)ccc([N+](=O)[O-])c2n1. The quantitative estimate of drug-likeness (QED) is 0.368. The Morgan fingerprint density at radius 2 is 2.33 bits per heavy atom. The highest BCUT2D eigenvalue weighted by molar-refractivity contribution is 6.29. The lowest BCUT2D eigenvalue weighted by molar-refractivity contribution is -0.383. The fraction of sp³-hybridized carbons (Fsp3) is 0.200. The normalized spacial score (nSPS) is 10.6. The zero-order valence-electron chi connectivity index (χ0n) is 9.29. The number of pyridine rings is 1. The number of esters is 1. The summed E-state index contributed by atoms with van der Waals surface area (Å²) in [4.78, 5) is 25.6. The van der Waals surface area contributed by atoms with Crippen LogP contribution in [0.25, 0.3) is 5.65 Å². The summed E-state index contributed by atoms with van der Waals surface area (Å²) in [5, 5.41) is 11.0. The highest BCUT2D eigenvalue weighted by Crippen LogP contribution is 2.23. The first-order chi connectivity index (χ1) is 8.54. The van der Waals surface area contributed by atoms with Crippen LogP contribution in [0.1, 0.15) is 17.4 Å². The van der Waals surface area contributed by atoms with E-state index in [0.29, 0.717) is 0 Å². The molecule has 0 N–H and O–H groups in total. The largest absolute Gasteiger partial charge is 0.461 e. The number of hydrogen-bond donors (Lipinski definition) is 0. The second-order valence-corrected chi connectivity index (χ2v) is 3.73. The van der Waals surface area contributed by atoms with E-state index in [1.807, 2.05) is 0 Å². The zero-order chi connectivity index (χ0) is 13.3. The van der Waals surface area contributed by atoms with Gasteiger partial charge in [-0.3, -0.25) is 14.5 Å². The molecule has 7 nitrogen and oxygen atoms in total. The molecule has 2 aromatic rings. The molecular weight excluding hydrogens is 262 g/mol. The summed E-state index contributed by atoms with van der Waals surface area (Å²) in [6.45, 7) is 1.85. The minimum Gasteiger partial charge on any atom is -0.461 e. The van der Waals surface area contributed by atoms with E-state index in [1.54, 1.807) is 6.92 Å². The lowest BCUT2D eigenvalue weighted by Crippen LogP contribution is -2.04. The number of imidazole rings is 1. The molecule has 0 bridgehead atoms. The van der Waals surface area contributed by atoms with Gasteiger partial charge in [0.05, 0.1) is 11.5 Å². The Hall–Kier alpha value is -2.15. The van der Waals surface area contributed by atoms with E-state index in [9.17, 15) is 14.9 Å². The average molecular weight is 270 g/mol. The second kappa shape index (κ2) is 4.61. The monoisotopic (exact) mass is 269 g/mol. The van der Waals surface area contributed by atoms with Gasteiger partial charge in [0.1, 0.15) is 5.15 Å². The maximum Gasteiger partial charge on any atom is 0.358 e. The standard InChI is InChI=1S/C10H8ClN3O4/c1-2-18-10(15)6-5-13-8(11)4-3-7(14(16)17)9(13)12-6/h3-5H,2H2,1H3. The van der Waals surface area contributed by atoms with Gasteiger partial charge in [0.25, 0.3) is 0 Å². The zero-order valence-corrected chi connectivity index (χ0v) is 10.0. The van der Waals surface area contributed by atoms with E-state index in [1.165, 1.54) is 22.7 Å². The predicted molar refractivity (Wildman–Crippen MR) is 62.8 cm³/mol. The molecule has 0 radical (unpaired) electrons. The van der Waals surface area contributed by atoms with Crippen molar-refractivity contribution in [3.05, 3.63) is 39.3 Å². The summed E-state index contributed by atoms with van der Waals surface area (Å²) in [6, 6.07) is 2.60. The van der Waals surface area contributed by atoms with E-state index >= 15 is 0 Å². The number of carbonyl (C=O) groups excluding carboxylic acids is 1. The molecule has 2 heterocycles. The second-order valence-electron chi connectivity index (χ2n) is 3.34. The third kappa shape index (κ3) is 2.00. The molecule has 0 aliphatic heterocycles. The van der Waals surface area contributed by atoms with Crippen molar-refractivity contribution in [1.82, 2.24) is 9.38 Å². The fourth-order valence-corrected chi connectivity index (χ4v) is 1.66. The Labute approximate surface area is 106 Å². The molecule has 0 saturated carbocycles. The maximum atomic E-state index is 11.5. The van der Waals surface area contributed by atoms with Gasteiger partial charge in [-0.05, 0) is 13.0 Å². The first kappa shape index (κ1) is 12.3. The Kier molecular flexibility index (Phi) is 3.15. The lowest BCUT2D eigenvalue weighted by atomic mass is 10.4. The van der Waals surface area contributed by atoms with Crippen LogP contribution in [-0.2, 0) is 4.74 Å². The Morgan fingerprint density at radius 3 is 2.94 bits per heavy atom. The van der Waals surface area contributed by atoms with Crippen LogP contribution in [0.2, 0.25) is 5.15 Å². The Morgan fingerprint density at radius 1 is 1.61 bits per heavy atom. The van der Waals surface area contributed by atoms with Crippen molar-refractivity contribution in [2.24, 2.45) is 0 Å². The lowest BCUT2D eigenvalue weighted by Gasteiger charge is -1.96. The number of fused-ring (bicyclic) bond motifs is 1. The van der Waals surface area contributed by atoms with Crippen molar-refractivity contribution in [1.29, 1.82) is 0 Å². The summed E-state index contributed by atoms with van der Waals surface area (Å²) >= 11 is 5.88. The number of aromatic nitrogens is 2. The van der Waals surface area contributed by atoms with Crippen LogP contribution >= 0.6 is 11.6 Å². The van der Waals surface area contributed by atoms with E-state index in [0.717, 1.165) is 0 Å². The molecule has 2 aromatic heterocycles. The van der Waals surface area contributed by atoms with Gasteiger partial charge in [-0.2, -0.15) is 0 Å². The molecule has 0 saturated heterocycles. The topological polar surface area (TPSA) is 86.7 Å². The number of hydrogen-bond acceptors (Lipinski definition) is 5. The molecule has 18 heavy (non-hydrogen) atoms. The summed E-state index contributed by atoms with van der Waals surface area (Å²) in [7, 11) is 0. The molecule has 0 aliphatic rings. The van der Waals surface area contributed by atoms with Crippen LogP contribution < -0.4 is 0 Å². The molecule has 0 spiro atoms. The van der Waals surface area contributed by atoms with Crippen molar-refractivity contribution < 1.29 is 14.5 Å². The minimum absolute atomic E-state index is 0.00977. The van der Waals surface area contributed by atoms with Crippen LogP contribution in [0.3, 0.4) is 0 Å². The van der Waals surface area contributed by atoms with E-state index in [2.05, 4.69) is 4.98 Å². The number of ether oxygens (including phenoxy) is 1. The third-order valence-corrected chi connectivity index (χ3v) is 2.53. The summed E-state index contributed by atoms with van der Waals surface area (Å²) in [6.07, 6.45) is 1.31. The fourth-order valence-electron chi connectivity index (χ4n) is 1.47. The Bertz CT molecular complexity index is 637. The summed E-state index contributed by atoms with van der Waals surface area (Å²) in [5.74, 6) is -0.647. The highest BCUT2D eigenvalue weighted by Gasteiger charge is 2.20. The van der Waals surface area contributed by atoms with Crippen molar-refractivity contribution in [3.8, 4) is 0 Å². The number of carbonyl (C=O) groups is 1. The molecule has 0 atom stereocenters. The van der Waals surface area contributed by atoms with Gasteiger partial charge in [-0.25, -0.2) is 9.78 Å². The molecule has 0 amide bonds. The van der Waals surface area contributed by atoms with Gasteiger partial charge in [0.15, 0.2) is 5.69 Å². The summed E-state index contributed by atoms with van der Waals surface area (Å²) in [5.41, 5.74) is -0.237. The van der Waals surface area contributed by atoms with Crippen LogP contribution in [0, 0.1) is 10.1 Å². The highest BCUT2D eigenvalue weighted by atomic mass is 35.5. The number of halogens is 1. The van der Waals surface area contributed by atoms with Crippen LogP contribution in [0.5, 0.6) is 0 Å². The average Bonchev–Trinajstić information content (AvgIpc) is 2.75. The van der Waals surface area contributed by atoms with E-state index < -0.39 is 10.9 Å². The van der Waals surface area contributed by atoms with Gasteiger partial charge in [-0.15, -0.1) is 0 Å². The molecule has 0 aliphatic carbocycles. The molecule has 0 fully saturated rings. The molecule has 94 valence electrons. The van der Waals surface area contributed by atoms with Crippen LogP contribution in [0.15, 0.2) is 18.3 Å². The molecule has 2 rings (SSSR count). The van der Waals surface area contributed by atoms with Gasteiger partial charge in [0, 0.05) is 12.3 Å². The smallest absolute Gasteiger partial charge is 0.358 e. The molecule has 8 heteroatoms. The molecule has 0 aromatic carbocycles. The molecular formula is C10H8ClN3O4. The van der Waals surface area contributed by atoms with Gasteiger partial charge in [-0.1, -0.05) is 11.6 Å². The van der Waals surface area contributed by atoms with Crippen molar-refractivity contribution in [2.45, 2.75) is 6.92 Å². The predicted octanol–water partition coefficient (Wildman–Crippen LogP) is 2.07. The molecule has 0 unspecified atom stereocenters. The van der Waals surface area contributed by atoms with Gasteiger partial charge >= 0.3 is 11.7 Å². The van der Waals surface area contributed by atoms with E-state index in [4.69, 9.17) is 16.3 Å². The maximum absolute atomic E-state index is 11.5. The van der Waals surface area contributed by atoms with Crippen LogP contribution in [-0.4, -0.2) is 26.9 Å². The minimum atomic E-state index is -0.647. The third-order valence-electron chi connectivity index (χ3n) is 2.23. The van der Waals surface area contributed by atoms with Gasteiger partial charge in [0.2, 0.25) is 5.65 Å². The Balaban J connectivity index is 2.62. The first-order valence-corrected chi connectivity index (χ1v) is 5.41. The van der Waals surface area contributed by atoms with Crippen molar-refractivity contribution >= 4 is 28.9 Å². The number of nitrogens with zero attached hydrogens (tertiary/aromatic N) is 3. The van der Waals surface area contributed by atoms with Crippen molar-refractivity contribution in [2.75, 3.05) is 6.61 Å². The number of nitro groups is 1. The summed E-state index contributed by atoms with van der Waals surface area (Å²) < 4.78 is 6.04. The van der Waals surface area contributed by atoms with Gasteiger partial charge < -0.3 is 4.74 Å². The first-order valence-electron chi connectivity index (χ1n) is 5.03. The van der Waals surface area contributed by atoms with Crippen molar-refractivity contribution in [3.63, 3.8) is 0 Å². The van der Waals surface area contributed by atoms with E-state index in [-0.39, 0.29) is 28.8 Å². The number of rotatable bonds is 3. The van der Waals surface area contributed by atoms with Crippen LogP contribution in [0.4, 0.5) is 5.69 Å².